The van der Waals surface area contributed by atoms with Gasteiger partial charge < -0.3 is 5.32 Å². The number of rotatable bonds is 2. The third-order valence-electron chi connectivity index (χ3n) is 4.14. The van der Waals surface area contributed by atoms with Crippen molar-refractivity contribution in [2.24, 2.45) is 17.8 Å². The monoisotopic (exact) mass is 323 g/mol. The van der Waals surface area contributed by atoms with E-state index in [1.807, 2.05) is 6.92 Å². The lowest BCUT2D eigenvalue weighted by molar-refractivity contribution is -0.120. The van der Waals surface area contributed by atoms with E-state index in [-0.39, 0.29) is 17.6 Å². The molecule has 0 aliphatic heterocycles. The van der Waals surface area contributed by atoms with Crippen LogP contribution in [0.4, 0.5) is 10.1 Å². The molecule has 2 aliphatic carbocycles. The molecule has 1 aromatic carbocycles. The molecular weight excluding hydrogens is 309 g/mol. The van der Waals surface area contributed by atoms with E-state index >= 15 is 0 Å². The number of amides is 1. The van der Waals surface area contributed by atoms with E-state index in [2.05, 4.69) is 33.4 Å². The maximum absolute atomic E-state index is 13.5. The molecule has 0 aromatic heterocycles. The van der Waals surface area contributed by atoms with E-state index in [1.54, 1.807) is 6.07 Å². The predicted molar refractivity (Wildman–Crippen MR) is 76.3 cm³/mol. The van der Waals surface area contributed by atoms with Crippen LogP contribution in [0.1, 0.15) is 18.4 Å². The summed E-state index contributed by atoms with van der Waals surface area (Å²) in [6.45, 7) is 1.86. The lowest BCUT2D eigenvalue weighted by atomic mass is 9.92. The van der Waals surface area contributed by atoms with Gasteiger partial charge in [0.15, 0.2) is 0 Å². The number of hydrogen-bond acceptors (Lipinski definition) is 1. The van der Waals surface area contributed by atoms with E-state index in [1.165, 1.54) is 6.07 Å². The van der Waals surface area contributed by atoms with Gasteiger partial charge in [0, 0.05) is 11.6 Å². The smallest absolute Gasteiger partial charge is 0.228 e. The van der Waals surface area contributed by atoms with E-state index in [9.17, 15) is 9.18 Å². The van der Waals surface area contributed by atoms with Gasteiger partial charge in [-0.1, -0.05) is 12.2 Å². The van der Waals surface area contributed by atoms with Crippen molar-refractivity contribution >= 4 is 27.5 Å². The van der Waals surface area contributed by atoms with Crippen molar-refractivity contribution in [3.63, 3.8) is 0 Å². The predicted octanol–water partition coefficient (Wildman–Crippen LogP) is 4.05. The molecule has 3 unspecified atom stereocenters. The number of carbonyl (C=O) groups is 1. The highest BCUT2D eigenvalue weighted by atomic mass is 79.9. The maximum Gasteiger partial charge on any atom is 0.228 e. The van der Waals surface area contributed by atoms with Crippen LogP contribution >= 0.6 is 15.9 Å². The van der Waals surface area contributed by atoms with E-state index in [4.69, 9.17) is 0 Å². The van der Waals surface area contributed by atoms with Gasteiger partial charge in [0.1, 0.15) is 5.82 Å². The zero-order valence-corrected chi connectivity index (χ0v) is 12.2. The number of halogens is 2. The molecule has 1 aromatic rings. The Bertz CT molecular complexity index is 570. The van der Waals surface area contributed by atoms with Crippen molar-refractivity contribution in [3.8, 4) is 0 Å². The summed E-state index contributed by atoms with van der Waals surface area (Å²) in [5.41, 5.74) is 1.43. The molecule has 0 radical (unpaired) electrons. The second kappa shape index (κ2) is 4.75. The van der Waals surface area contributed by atoms with Gasteiger partial charge in [-0.2, -0.15) is 0 Å². The van der Waals surface area contributed by atoms with Gasteiger partial charge in [0.2, 0.25) is 5.91 Å². The molecule has 19 heavy (non-hydrogen) atoms. The summed E-state index contributed by atoms with van der Waals surface area (Å²) in [6, 6.07) is 3.06. The quantitative estimate of drug-likeness (QED) is 0.817. The fourth-order valence-corrected chi connectivity index (χ4v) is 3.55. The molecule has 1 saturated carbocycles. The number of aryl methyl sites for hydroxylation is 1. The first-order chi connectivity index (χ1) is 9.04. The third kappa shape index (κ3) is 2.34. The molecule has 1 N–H and O–H groups in total. The Morgan fingerprint density at radius 1 is 1.37 bits per heavy atom. The molecule has 0 saturated heterocycles. The average molecular weight is 324 g/mol. The molecule has 4 heteroatoms. The molecule has 1 amide bonds. The van der Waals surface area contributed by atoms with Gasteiger partial charge in [0.05, 0.1) is 4.47 Å². The first kappa shape index (κ1) is 12.9. The first-order valence-electron chi connectivity index (χ1n) is 6.49. The molecule has 100 valence electrons. The van der Waals surface area contributed by atoms with Crippen molar-refractivity contribution in [2.75, 3.05) is 5.32 Å². The second-order valence-electron chi connectivity index (χ2n) is 5.46. The Hall–Kier alpha value is -1.16. The van der Waals surface area contributed by atoms with Crippen LogP contribution in [0.2, 0.25) is 0 Å². The maximum atomic E-state index is 13.5. The van der Waals surface area contributed by atoms with E-state index in [0.29, 0.717) is 22.0 Å². The molecule has 2 aliphatic rings. The Balaban J connectivity index is 1.77. The molecular formula is C15H15BrFNO. The van der Waals surface area contributed by atoms with Crippen LogP contribution in [0.5, 0.6) is 0 Å². The third-order valence-corrected chi connectivity index (χ3v) is 4.75. The number of fused-ring (bicyclic) bond motifs is 2. The molecule has 0 spiro atoms. The minimum Gasteiger partial charge on any atom is -0.325 e. The Labute approximate surface area is 120 Å². The molecule has 1 fully saturated rings. The Morgan fingerprint density at radius 2 is 2.16 bits per heavy atom. The van der Waals surface area contributed by atoms with Crippen molar-refractivity contribution in [1.82, 2.24) is 0 Å². The lowest BCUT2D eigenvalue weighted by Gasteiger charge is -2.18. The van der Waals surface area contributed by atoms with Gasteiger partial charge in [-0.25, -0.2) is 4.39 Å². The number of nitrogens with one attached hydrogen (secondary N) is 1. The molecule has 3 rings (SSSR count). The van der Waals surface area contributed by atoms with Crippen molar-refractivity contribution in [3.05, 3.63) is 40.1 Å². The summed E-state index contributed by atoms with van der Waals surface area (Å²) < 4.78 is 13.9. The van der Waals surface area contributed by atoms with Gasteiger partial charge in [0.25, 0.3) is 0 Å². The van der Waals surface area contributed by atoms with Crippen LogP contribution in [0, 0.1) is 30.5 Å². The molecule has 2 nitrogen and oxygen atoms in total. The average Bonchev–Trinajstić information content (AvgIpc) is 2.98. The molecule has 3 atom stereocenters. The number of hydrogen-bond donors (Lipinski definition) is 1. The fourth-order valence-electron chi connectivity index (χ4n) is 3.09. The summed E-state index contributed by atoms with van der Waals surface area (Å²) in [7, 11) is 0. The Morgan fingerprint density at radius 3 is 2.79 bits per heavy atom. The first-order valence-corrected chi connectivity index (χ1v) is 7.28. The topological polar surface area (TPSA) is 29.1 Å². The zero-order valence-electron chi connectivity index (χ0n) is 10.6. The zero-order chi connectivity index (χ0) is 13.6. The van der Waals surface area contributed by atoms with Gasteiger partial charge in [-0.3, -0.25) is 4.79 Å². The highest BCUT2D eigenvalue weighted by molar-refractivity contribution is 9.10. The summed E-state index contributed by atoms with van der Waals surface area (Å²) in [4.78, 5) is 12.3. The summed E-state index contributed by atoms with van der Waals surface area (Å²) in [5, 5.41) is 2.87. The van der Waals surface area contributed by atoms with Gasteiger partial charge >= 0.3 is 0 Å². The van der Waals surface area contributed by atoms with Crippen LogP contribution in [0.15, 0.2) is 28.8 Å². The van der Waals surface area contributed by atoms with E-state index in [0.717, 1.165) is 18.4 Å². The number of carbonyl (C=O) groups excluding carboxylic acids is 1. The van der Waals surface area contributed by atoms with Crippen LogP contribution in [0.25, 0.3) is 0 Å². The van der Waals surface area contributed by atoms with Crippen LogP contribution < -0.4 is 5.32 Å². The number of benzene rings is 1. The fraction of sp³-hybridized carbons (Fsp3) is 0.400. The minimum absolute atomic E-state index is 0.0154. The van der Waals surface area contributed by atoms with Crippen molar-refractivity contribution in [2.45, 2.75) is 19.8 Å². The summed E-state index contributed by atoms with van der Waals surface area (Å²) in [5.74, 6) is 0.630. The van der Waals surface area contributed by atoms with Crippen LogP contribution in [-0.2, 0) is 4.79 Å². The van der Waals surface area contributed by atoms with Gasteiger partial charge in [-0.05, 0) is 65.2 Å². The van der Waals surface area contributed by atoms with E-state index < -0.39 is 0 Å². The van der Waals surface area contributed by atoms with Crippen LogP contribution in [-0.4, -0.2) is 5.91 Å². The number of allylic oxidation sites excluding steroid dienone is 2. The minimum atomic E-state index is -0.353. The highest BCUT2D eigenvalue weighted by Crippen LogP contribution is 2.43. The SMILES string of the molecule is Cc1cc(Br)c(F)cc1NC(=O)C1CC2C=CC1C2. The largest absolute Gasteiger partial charge is 0.325 e. The normalized spacial score (nSPS) is 27.8. The van der Waals surface area contributed by atoms with Crippen molar-refractivity contribution < 1.29 is 9.18 Å². The molecule has 2 bridgehead atoms. The van der Waals surface area contributed by atoms with Crippen molar-refractivity contribution in [1.29, 1.82) is 0 Å². The van der Waals surface area contributed by atoms with Gasteiger partial charge in [-0.15, -0.1) is 0 Å². The second-order valence-corrected chi connectivity index (χ2v) is 6.31. The van der Waals surface area contributed by atoms with Crippen LogP contribution in [0.3, 0.4) is 0 Å². The standard InChI is InChI=1S/C15H15BrFNO/c1-8-4-12(16)13(17)7-14(8)18-15(19)11-6-9-2-3-10(11)5-9/h2-4,7,9-11H,5-6H2,1H3,(H,18,19). The molecule has 0 heterocycles. The lowest BCUT2D eigenvalue weighted by Crippen LogP contribution is -2.26. The highest BCUT2D eigenvalue weighted by Gasteiger charge is 2.39. The number of anilines is 1. The Kier molecular flexibility index (Phi) is 3.21. The summed E-state index contributed by atoms with van der Waals surface area (Å²) in [6.07, 6.45) is 6.36. The summed E-state index contributed by atoms with van der Waals surface area (Å²) >= 11 is 3.14.